The lowest BCUT2D eigenvalue weighted by molar-refractivity contribution is 0.0978. The quantitative estimate of drug-likeness (QED) is 0.625. The van der Waals surface area contributed by atoms with Gasteiger partial charge in [0.1, 0.15) is 5.75 Å². The van der Waals surface area contributed by atoms with E-state index in [1.54, 1.807) is 36.1 Å². The molecule has 3 rings (SSSR count). The maximum atomic E-state index is 13.1. The summed E-state index contributed by atoms with van der Waals surface area (Å²) in [5.41, 5.74) is 1.44. The first kappa shape index (κ1) is 21.5. The van der Waals surface area contributed by atoms with Crippen LogP contribution in [0.25, 0.3) is 11.1 Å². The fourth-order valence-electron chi connectivity index (χ4n) is 2.85. The molecule has 0 radical (unpaired) electrons. The van der Waals surface area contributed by atoms with Crippen LogP contribution in [0, 0.1) is 0 Å². The van der Waals surface area contributed by atoms with E-state index in [0.717, 1.165) is 17.4 Å². The summed E-state index contributed by atoms with van der Waals surface area (Å²) >= 11 is 0. The number of carbonyl (C=O) groups is 1. The minimum Gasteiger partial charge on any atom is -0.497 e. The number of sulfone groups is 1. The van der Waals surface area contributed by atoms with Gasteiger partial charge < -0.3 is 4.74 Å². The SMILES string of the molecule is COc1ccc(-c2ccc(S(=O)(=O)c3ccccc3C(=O)NS(C)(=O)=O)cc2)cc1. The molecule has 9 heteroatoms. The van der Waals surface area contributed by atoms with Gasteiger partial charge in [0, 0.05) is 0 Å². The molecule has 1 N–H and O–H groups in total. The second kappa shape index (κ2) is 8.29. The molecule has 1 amide bonds. The topological polar surface area (TPSA) is 107 Å². The Balaban J connectivity index is 1.97. The van der Waals surface area contributed by atoms with Crippen molar-refractivity contribution in [3.63, 3.8) is 0 Å². The highest BCUT2D eigenvalue weighted by Crippen LogP contribution is 2.28. The second-order valence-corrected chi connectivity index (χ2v) is 10.1. The van der Waals surface area contributed by atoms with Crippen molar-refractivity contribution in [1.82, 2.24) is 4.72 Å². The van der Waals surface area contributed by atoms with Gasteiger partial charge in [0.25, 0.3) is 5.91 Å². The summed E-state index contributed by atoms with van der Waals surface area (Å²) in [5.74, 6) is -0.298. The van der Waals surface area contributed by atoms with E-state index in [0.29, 0.717) is 5.75 Å². The van der Waals surface area contributed by atoms with Gasteiger partial charge in [0.05, 0.1) is 28.7 Å². The summed E-state index contributed by atoms with van der Waals surface area (Å²) < 4.78 is 55.9. The summed E-state index contributed by atoms with van der Waals surface area (Å²) in [5, 5.41) is 0. The van der Waals surface area contributed by atoms with E-state index in [4.69, 9.17) is 4.74 Å². The molecule has 0 aromatic heterocycles. The van der Waals surface area contributed by atoms with Crippen molar-refractivity contribution >= 4 is 25.8 Å². The van der Waals surface area contributed by atoms with Gasteiger partial charge in [-0.15, -0.1) is 0 Å². The molecule has 0 fully saturated rings. The molecule has 0 saturated heterocycles. The molecule has 0 heterocycles. The normalized spacial score (nSPS) is 11.7. The number of amides is 1. The Morgan fingerprint density at radius 1 is 0.800 bits per heavy atom. The fourth-order valence-corrected chi connectivity index (χ4v) is 4.75. The number of sulfonamides is 1. The van der Waals surface area contributed by atoms with Crippen molar-refractivity contribution in [2.24, 2.45) is 0 Å². The summed E-state index contributed by atoms with van der Waals surface area (Å²) in [6.45, 7) is 0. The Morgan fingerprint density at radius 2 is 1.33 bits per heavy atom. The zero-order valence-corrected chi connectivity index (χ0v) is 17.8. The predicted molar refractivity (Wildman–Crippen MR) is 113 cm³/mol. The number of benzene rings is 3. The van der Waals surface area contributed by atoms with E-state index in [2.05, 4.69) is 0 Å². The van der Waals surface area contributed by atoms with E-state index >= 15 is 0 Å². The number of hydrogen-bond acceptors (Lipinski definition) is 6. The molecule has 7 nitrogen and oxygen atoms in total. The van der Waals surface area contributed by atoms with E-state index in [1.807, 2.05) is 12.1 Å². The van der Waals surface area contributed by atoms with Gasteiger partial charge in [0.2, 0.25) is 19.9 Å². The number of ether oxygens (including phenoxy) is 1. The van der Waals surface area contributed by atoms with Crippen LogP contribution < -0.4 is 9.46 Å². The number of methoxy groups -OCH3 is 1. The maximum Gasteiger partial charge on any atom is 0.266 e. The second-order valence-electron chi connectivity index (χ2n) is 6.46. The Morgan fingerprint density at radius 3 is 1.87 bits per heavy atom. The molecule has 3 aromatic carbocycles. The van der Waals surface area contributed by atoms with Crippen molar-refractivity contribution in [2.45, 2.75) is 9.79 Å². The minimum atomic E-state index is -4.06. The zero-order valence-electron chi connectivity index (χ0n) is 16.2. The molecule has 30 heavy (non-hydrogen) atoms. The maximum absolute atomic E-state index is 13.1. The Bertz CT molecular complexity index is 1280. The molecule has 3 aromatic rings. The Hall–Kier alpha value is -3.17. The first-order chi connectivity index (χ1) is 14.1. The molecule has 0 saturated carbocycles. The van der Waals surface area contributed by atoms with Gasteiger partial charge in [-0.25, -0.2) is 21.6 Å². The van der Waals surface area contributed by atoms with Crippen LogP contribution >= 0.6 is 0 Å². The number of nitrogens with one attached hydrogen (secondary N) is 1. The standard InChI is InChI=1S/C21H19NO6S2/c1-28-17-11-7-15(8-12-17)16-9-13-18(14-10-16)30(26,27)20-6-4-3-5-19(20)21(23)22-29(2,24)25/h3-14H,1-2H3,(H,22,23). The third-order valence-corrected chi connectivity index (χ3v) is 6.67. The largest absolute Gasteiger partial charge is 0.497 e. The molecule has 0 aliphatic rings. The Labute approximate surface area is 175 Å². The van der Waals surface area contributed by atoms with E-state index < -0.39 is 25.8 Å². The zero-order chi connectivity index (χ0) is 21.9. The van der Waals surface area contributed by atoms with Gasteiger partial charge in [-0.3, -0.25) is 4.79 Å². The van der Waals surface area contributed by atoms with Crippen molar-refractivity contribution in [3.05, 3.63) is 78.4 Å². The van der Waals surface area contributed by atoms with Crippen LogP contribution in [-0.2, 0) is 19.9 Å². The molecule has 0 aliphatic carbocycles. The van der Waals surface area contributed by atoms with E-state index in [9.17, 15) is 21.6 Å². The average Bonchev–Trinajstić information content (AvgIpc) is 2.73. The molecule has 156 valence electrons. The minimum absolute atomic E-state index is 0.0145. The highest BCUT2D eigenvalue weighted by atomic mass is 32.2. The summed E-state index contributed by atoms with van der Waals surface area (Å²) in [7, 11) is -6.33. The number of rotatable bonds is 6. The highest BCUT2D eigenvalue weighted by molar-refractivity contribution is 7.91. The lowest BCUT2D eigenvalue weighted by atomic mass is 10.1. The van der Waals surface area contributed by atoms with E-state index in [-0.39, 0.29) is 15.4 Å². The van der Waals surface area contributed by atoms with Crippen molar-refractivity contribution in [1.29, 1.82) is 0 Å². The first-order valence-electron chi connectivity index (χ1n) is 8.72. The van der Waals surface area contributed by atoms with Crippen LogP contribution in [0.5, 0.6) is 5.75 Å². The van der Waals surface area contributed by atoms with Gasteiger partial charge in [0.15, 0.2) is 0 Å². The molecule has 0 spiro atoms. The predicted octanol–water partition coefficient (Wildman–Crippen LogP) is 2.88. The van der Waals surface area contributed by atoms with Crippen LogP contribution in [0.1, 0.15) is 10.4 Å². The highest BCUT2D eigenvalue weighted by Gasteiger charge is 2.25. The lowest BCUT2D eigenvalue weighted by Gasteiger charge is -2.11. The van der Waals surface area contributed by atoms with Gasteiger partial charge in [-0.05, 0) is 47.5 Å². The van der Waals surface area contributed by atoms with Crippen LogP contribution in [-0.4, -0.2) is 36.1 Å². The molecule has 0 bridgehead atoms. The number of carbonyl (C=O) groups excluding carboxylic acids is 1. The molecule has 0 unspecified atom stereocenters. The van der Waals surface area contributed by atoms with Crippen molar-refractivity contribution < 1.29 is 26.4 Å². The van der Waals surface area contributed by atoms with Crippen LogP contribution in [0.15, 0.2) is 82.6 Å². The van der Waals surface area contributed by atoms with Gasteiger partial charge >= 0.3 is 0 Å². The summed E-state index contributed by atoms with van der Waals surface area (Å²) in [4.78, 5) is 12.0. The smallest absolute Gasteiger partial charge is 0.266 e. The molecule has 0 atom stereocenters. The van der Waals surface area contributed by atoms with E-state index in [1.165, 1.54) is 36.4 Å². The van der Waals surface area contributed by atoms with Crippen molar-refractivity contribution in [3.8, 4) is 16.9 Å². The monoisotopic (exact) mass is 445 g/mol. The molecular weight excluding hydrogens is 426 g/mol. The third-order valence-electron chi connectivity index (χ3n) is 4.29. The van der Waals surface area contributed by atoms with Crippen LogP contribution in [0.4, 0.5) is 0 Å². The summed E-state index contributed by atoms with van der Waals surface area (Å²) in [6, 6.07) is 19.0. The fraction of sp³-hybridized carbons (Fsp3) is 0.0952. The van der Waals surface area contributed by atoms with Crippen LogP contribution in [0.2, 0.25) is 0 Å². The average molecular weight is 446 g/mol. The third kappa shape index (κ3) is 4.69. The molecule has 0 aliphatic heterocycles. The van der Waals surface area contributed by atoms with Crippen LogP contribution in [0.3, 0.4) is 0 Å². The van der Waals surface area contributed by atoms with Gasteiger partial charge in [-0.1, -0.05) is 36.4 Å². The number of hydrogen-bond donors (Lipinski definition) is 1. The molecular formula is C21H19NO6S2. The lowest BCUT2D eigenvalue weighted by Crippen LogP contribution is -2.30. The Kier molecular flexibility index (Phi) is 5.95. The first-order valence-corrected chi connectivity index (χ1v) is 12.1. The van der Waals surface area contributed by atoms with Gasteiger partial charge in [-0.2, -0.15) is 0 Å². The summed E-state index contributed by atoms with van der Waals surface area (Å²) in [6.07, 6.45) is 0.819. The van der Waals surface area contributed by atoms with Crippen molar-refractivity contribution in [2.75, 3.05) is 13.4 Å².